The van der Waals surface area contributed by atoms with Crippen molar-refractivity contribution in [3.63, 3.8) is 0 Å². The zero-order valence-corrected chi connectivity index (χ0v) is 18.2. The van der Waals surface area contributed by atoms with Gasteiger partial charge in [0.15, 0.2) is 0 Å². The number of nitrogens with zero attached hydrogens (tertiary/aromatic N) is 2. The number of carbonyl (C=O) groups excluding carboxylic acids is 2. The van der Waals surface area contributed by atoms with Gasteiger partial charge in [-0.2, -0.15) is 0 Å². The Bertz CT molecular complexity index is 1220. The number of H-pyrrole nitrogens is 1. The molecule has 1 atom stereocenters. The zero-order valence-electron chi connectivity index (χ0n) is 18.2. The second kappa shape index (κ2) is 9.47. The van der Waals surface area contributed by atoms with Gasteiger partial charge in [0.25, 0.3) is 5.91 Å². The number of aromatic nitrogens is 2. The standard InChI is InChI=1S/C26H26N4O2/c1-18-21(20-12-6-7-13-22(20)28-18)17-25(31)29-23(16-19-10-4-3-5-11-19)26(32)30(2)24-14-8-9-15-27-24/h3-15,23,28H,16-17H2,1-2H3,(H,29,31). The number of anilines is 1. The summed E-state index contributed by atoms with van der Waals surface area (Å²) in [7, 11) is 1.68. The van der Waals surface area contributed by atoms with Gasteiger partial charge >= 0.3 is 0 Å². The van der Waals surface area contributed by atoms with Gasteiger partial charge in [-0.3, -0.25) is 14.5 Å². The predicted molar refractivity (Wildman–Crippen MR) is 126 cm³/mol. The Morgan fingerprint density at radius 2 is 1.72 bits per heavy atom. The molecule has 2 aromatic carbocycles. The van der Waals surface area contributed by atoms with Crippen molar-refractivity contribution in [1.29, 1.82) is 0 Å². The lowest BCUT2D eigenvalue weighted by Crippen LogP contribution is -2.49. The summed E-state index contributed by atoms with van der Waals surface area (Å²) in [6.45, 7) is 1.96. The van der Waals surface area contributed by atoms with Crippen molar-refractivity contribution in [2.45, 2.75) is 25.8 Å². The highest BCUT2D eigenvalue weighted by Crippen LogP contribution is 2.22. The second-order valence-corrected chi connectivity index (χ2v) is 7.85. The molecule has 0 spiro atoms. The number of aromatic amines is 1. The minimum absolute atomic E-state index is 0.193. The van der Waals surface area contributed by atoms with Crippen LogP contribution in [-0.2, 0) is 22.4 Å². The lowest BCUT2D eigenvalue weighted by atomic mass is 10.0. The van der Waals surface area contributed by atoms with Crippen LogP contribution in [0.4, 0.5) is 5.82 Å². The molecule has 2 heterocycles. The van der Waals surface area contributed by atoms with Crippen molar-refractivity contribution in [3.05, 3.63) is 95.8 Å². The Labute approximate surface area is 187 Å². The van der Waals surface area contributed by atoms with Gasteiger partial charge in [0.2, 0.25) is 5.91 Å². The highest BCUT2D eigenvalue weighted by molar-refractivity contribution is 5.99. The molecule has 2 N–H and O–H groups in total. The predicted octanol–water partition coefficient (Wildman–Crippen LogP) is 3.80. The van der Waals surface area contributed by atoms with Crippen LogP contribution in [0.3, 0.4) is 0 Å². The number of para-hydroxylation sites is 1. The fourth-order valence-corrected chi connectivity index (χ4v) is 3.92. The lowest BCUT2D eigenvalue weighted by molar-refractivity contribution is -0.127. The number of benzene rings is 2. The Morgan fingerprint density at radius 1 is 1.00 bits per heavy atom. The van der Waals surface area contributed by atoms with Gasteiger partial charge in [0.1, 0.15) is 11.9 Å². The van der Waals surface area contributed by atoms with E-state index in [4.69, 9.17) is 0 Å². The molecule has 2 amide bonds. The maximum absolute atomic E-state index is 13.3. The van der Waals surface area contributed by atoms with Gasteiger partial charge in [-0.1, -0.05) is 54.6 Å². The number of rotatable bonds is 7. The number of aryl methyl sites for hydroxylation is 1. The number of hydrogen-bond acceptors (Lipinski definition) is 3. The molecule has 2 aromatic heterocycles. The van der Waals surface area contributed by atoms with Gasteiger partial charge in [0, 0.05) is 36.3 Å². The highest BCUT2D eigenvalue weighted by atomic mass is 16.2. The summed E-state index contributed by atoms with van der Waals surface area (Å²) in [6.07, 6.45) is 2.24. The quantitative estimate of drug-likeness (QED) is 0.472. The Morgan fingerprint density at radius 3 is 2.47 bits per heavy atom. The number of likely N-dealkylation sites (N-methyl/N-ethyl adjacent to an activating group) is 1. The van der Waals surface area contributed by atoms with Gasteiger partial charge < -0.3 is 10.3 Å². The smallest absolute Gasteiger partial charge is 0.250 e. The largest absolute Gasteiger partial charge is 0.358 e. The van der Waals surface area contributed by atoms with E-state index in [-0.39, 0.29) is 18.2 Å². The van der Waals surface area contributed by atoms with Gasteiger partial charge in [-0.05, 0) is 36.2 Å². The van der Waals surface area contributed by atoms with E-state index in [9.17, 15) is 9.59 Å². The van der Waals surface area contributed by atoms with E-state index >= 15 is 0 Å². The van der Waals surface area contributed by atoms with Crippen LogP contribution in [0.25, 0.3) is 10.9 Å². The summed E-state index contributed by atoms with van der Waals surface area (Å²) in [5.74, 6) is 0.135. The molecule has 0 aliphatic carbocycles. The van der Waals surface area contributed by atoms with Gasteiger partial charge in [-0.25, -0.2) is 4.98 Å². The maximum Gasteiger partial charge on any atom is 0.250 e. The number of pyridine rings is 1. The van der Waals surface area contributed by atoms with Crippen molar-refractivity contribution >= 4 is 28.5 Å². The Balaban J connectivity index is 1.56. The molecular formula is C26H26N4O2. The van der Waals surface area contributed by atoms with E-state index in [1.54, 1.807) is 25.4 Å². The number of amides is 2. The Kier molecular flexibility index (Phi) is 6.31. The fourth-order valence-electron chi connectivity index (χ4n) is 3.92. The molecule has 6 nitrogen and oxygen atoms in total. The third-order valence-corrected chi connectivity index (χ3v) is 5.60. The van der Waals surface area contributed by atoms with Gasteiger partial charge in [-0.15, -0.1) is 0 Å². The van der Waals surface area contributed by atoms with Crippen LogP contribution < -0.4 is 10.2 Å². The molecule has 162 valence electrons. The molecule has 0 bridgehead atoms. The van der Waals surface area contributed by atoms with Crippen molar-refractivity contribution in [3.8, 4) is 0 Å². The molecule has 0 aliphatic rings. The van der Waals surface area contributed by atoms with Crippen LogP contribution in [0, 0.1) is 6.92 Å². The number of carbonyl (C=O) groups is 2. The third-order valence-electron chi connectivity index (χ3n) is 5.60. The van der Waals surface area contributed by atoms with Gasteiger partial charge in [0.05, 0.1) is 6.42 Å². The minimum Gasteiger partial charge on any atom is -0.358 e. The maximum atomic E-state index is 13.3. The van der Waals surface area contributed by atoms with E-state index < -0.39 is 6.04 Å². The van der Waals surface area contributed by atoms with Crippen molar-refractivity contribution in [1.82, 2.24) is 15.3 Å². The van der Waals surface area contributed by atoms with E-state index in [0.717, 1.165) is 27.7 Å². The molecule has 32 heavy (non-hydrogen) atoms. The fraction of sp³-hybridized carbons (Fsp3) is 0.192. The summed E-state index contributed by atoms with van der Waals surface area (Å²) in [6, 6.07) is 22.3. The normalized spacial score (nSPS) is 11.8. The van der Waals surface area contributed by atoms with E-state index in [1.807, 2.05) is 67.6 Å². The highest BCUT2D eigenvalue weighted by Gasteiger charge is 2.26. The second-order valence-electron chi connectivity index (χ2n) is 7.85. The molecule has 0 radical (unpaired) electrons. The first-order chi connectivity index (χ1) is 15.5. The molecule has 4 aromatic rings. The zero-order chi connectivity index (χ0) is 22.5. The van der Waals surface area contributed by atoms with E-state index in [2.05, 4.69) is 15.3 Å². The monoisotopic (exact) mass is 426 g/mol. The minimum atomic E-state index is -0.706. The summed E-state index contributed by atoms with van der Waals surface area (Å²) in [5, 5.41) is 4.00. The molecule has 0 aliphatic heterocycles. The third kappa shape index (κ3) is 4.70. The summed E-state index contributed by atoms with van der Waals surface area (Å²) in [5.41, 5.74) is 3.88. The topological polar surface area (TPSA) is 78.1 Å². The first-order valence-electron chi connectivity index (χ1n) is 10.6. The molecule has 1 unspecified atom stereocenters. The van der Waals surface area contributed by atoms with Crippen LogP contribution in [0.1, 0.15) is 16.8 Å². The number of fused-ring (bicyclic) bond motifs is 1. The SMILES string of the molecule is Cc1[nH]c2ccccc2c1CC(=O)NC(Cc1ccccc1)C(=O)N(C)c1ccccn1. The summed E-state index contributed by atoms with van der Waals surface area (Å²) >= 11 is 0. The molecule has 0 saturated heterocycles. The van der Waals surface area contributed by atoms with Crippen LogP contribution in [0.5, 0.6) is 0 Å². The number of hydrogen-bond donors (Lipinski definition) is 2. The summed E-state index contributed by atoms with van der Waals surface area (Å²) < 4.78 is 0. The van der Waals surface area contributed by atoms with Crippen molar-refractivity contribution in [2.24, 2.45) is 0 Å². The average molecular weight is 427 g/mol. The molecule has 0 fully saturated rings. The summed E-state index contributed by atoms with van der Waals surface area (Å²) in [4.78, 5) is 35.5. The number of nitrogens with one attached hydrogen (secondary N) is 2. The first-order valence-corrected chi connectivity index (χ1v) is 10.6. The molecular weight excluding hydrogens is 400 g/mol. The van der Waals surface area contributed by atoms with E-state index in [1.165, 1.54) is 4.90 Å². The van der Waals surface area contributed by atoms with Crippen LogP contribution in [-0.4, -0.2) is 34.9 Å². The van der Waals surface area contributed by atoms with Crippen LogP contribution >= 0.6 is 0 Å². The van der Waals surface area contributed by atoms with Crippen molar-refractivity contribution < 1.29 is 9.59 Å². The Hall–Kier alpha value is -3.93. The van der Waals surface area contributed by atoms with Crippen molar-refractivity contribution in [2.75, 3.05) is 11.9 Å². The molecule has 4 rings (SSSR count). The van der Waals surface area contributed by atoms with E-state index in [0.29, 0.717) is 12.2 Å². The lowest BCUT2D eigenvalue weighted by Gasteiger charge is -2.24. The molecule has 0 saturated carbocycles. The van der Waals surface area contributed by atoms with Crippen LogP contribution in [0.2, 0.25) is 0 Å². The van der Waals surface area contributed by atoms with Crippen LogP contribution in [0.15, 0.2) is 79.0 Å². The first kappa shape index (κ1) is 21.3. The molecule has 6 heteroatoms. The average Bonchev–Trinajstić information content (AvgIpc) is 3.13.